The Balaban J connectivity index is 1.95. The third-order valence-electron chi connectivity index (χ3n) is 2.59. The molecule has 3 aromatic rings. The van der Waals surface area contributed by atoms with E-state index in [2.05, 4.69) is 40.3 Å². The first-order valence-electron chi connectivity index (χ1n) is 5.56. The molecule has 4 heteroatoms. The van der Waals surface area contributed by atoms with Gasteiger partial charge < -0.3 is 5.73 Å². The Hall–Kier alpha value is -2.07. The summed E-state index contributed by atoms with van der Waals surface area (Å²) in [6.45, 7) is 0. The van der Waals surface area contributed by atoms with Crippen LogP contribution in [0.2, 0.25) is 0 Å². The first kappa shape index (κ1) is 11.0. The second kappa shape index (κ2) is 4.66. The van der Waals surface area contributed by atoms with Gasteiger partial charge in [0, 0.05) is 11.1 Å². The smallest absolute Gasteiger partial charge is 0.221 e. The van der Waals surface area contributed by atoms with Crippen LogP contribution in [0.3, 0.4) is 0 Å². The van der Waals surface area contributed by atoms with Crippen molar-refractivity contribution in [3.8, 4) is 0 Å². The number of hydrogen-bond donors (Lipinski definition) is 1. The molecule has 0 aliphatic heterocycles. The standard InChI is InChI=1S/C14H11N3S/c15-14-16-8-7-13(17-14)18-12-6-5-10-3-1-2-4-11(10)9-12/h1-9H,(H2,15,16,17). The minimum Gasteiger partial charge on any atom is -0.368 e. The molecular formula is C14H11N3S. The summed E-state index contributed by atoms with van der Waals surface area (Å²) in [6.07, 6.45) is 1.67. The van der Waals surface area contributed by atoms with Gasteiger partial charge in [-0.3, -0.25) is 0 Å². The summed E-state index contributed by atoms with van der Waals surface area (Å²) in [5.74, 6) is 0.306. The van der Waals surface area contributed by atoms with Gasteiger partial charge in [-0.25, -0.2) is 9.97 Å². The molecule has 2 aromatic carbocycles. The molecule has 0 amide bonds. The van der Waals surface area contributed by atoms with Crippen LogP contribution in [-0.2, 0) is 0 Å². The van der Waals surface area contributed by atoms with Crippen molar-refractivity contribution >= 4 is 28.5 Å². The SMILES string of the molecule is Nc1nccc(Sc2ccc3ccccc3c2)n1. The van der Waals surface area contributed by atoms with Crippen LogP contribution in [0, 0.1) is 0 Å². The van der Waals surface area contributed by atoms with Crippen molar-refractivity contribution in [1.82, 2.24) is 9.97 Å². The number of fused-ring (bicyclic) bond motifs is 1. The molecule has 1 aromatic heterocycles. The van der Waals surface area contributed by atoms with Crippen LogP contribution >= 0.6 is 11.8 Å². The summed E-state index contributed by atoms with van der Waals surface area (Å²) in [5.41, 5.74) is 5.57. The summed E-state index contributed by atoms with van der Waals surface area (Å²) < 4.78 is 0. The highest BCUT2D eigenvalue weighted by Crippen LogP contribution is 2.28. The topological polar surface area (TPSA) is 51.8 Å². The third kappa shape index (κ3) is 2.28. The van der Waals surface area contributed by atoms with Crippen LogP contribution < -0.4 is 5.73 Å². The van der Waals surface area contributed by atoms with Crippen LogP contribution in [0.4, 0.5) is 5.95 Å². The molecule has 0 aliphatic carbocycles. The summed E-state index contributed by atoms with van der Waals surface area (Å²) in [5, 5.41) is 3.33. The molecule has 18 heavy (non-hydrogen) atoms. The maximum Gasteiger partial charge on any atom is 0.221 e. The van der Waals surface area contributed by atoms with Gasteiger partial charge in [-0.15, -0.1) is 0 Å². The van der Waals surface area contributed by atoms with Gasteiger partial charge in [0.15, 0.2) is 0 Å². The van der Waals surface area contributed by atoms with Gasteiger partial charge in [-0.1, -0.05) is 42.1 Å². The van der Waals surface area contributed by atoms with Crippen molar-refractivity contribution in [2.24, 2.45) is 0 Å². The molecule has 3 nitrogen and oxygen atoms in total. The van der Waals surface area contributed by atoms with E-state index in [1.165, 1.54) is 10.8 Å². The van der Waals surface area contributed by atoms with Gasteiger partial charge in [-0.05, 0) is 29.0 Å². The quantitative estimate of drug-likeness (QED) is 0.711. The second-order valence-electron chi connectivity index (χ2n) is 3.86. The van der Waals surface area contributed by atoms with Crippen LogP contribution in [-0.4, -0.2) is 9.97 Å². The second-order valence-corrected chi connectivity index (χ2v) is 4.96. The number of anilines is 1. The Labute approximate surface area is 109 Å². The number of benzene rings is 2. The summed E-state index contributed by atoms with van der Waals surface area (Å²) in [4.78, 5) is 9.21. The van der Waals surface area contributed by atoms with Gasteiger partial charge in [0.2, 0.25) is 5.95 Å². The zero-order chi connectivity index (χ0) is 12.4. The number of hydrogen-bond acceptors (Lipinski definition) is 4. The highest BCUT2D eigenvalue weighted by Gasteiger charge is 2.01. The fourth-order valence-corrected chi connectivity index (χ4v) is 2.60. The predicted octanol–water partition coefficient (Wildman–Crippen LogP) is 3.36. The molecule has 88 valence electrons. The zero-order valence-corrected chi connectivity index (χ0v) is 10.4. The van der Waals surface area contributed by atoms with Crippen molar-refractivity contribution in [3.05, 3.63) is 54.7 Å². The molecule has 0 saturated heterocycles. The molecular weight excluding hydrogens is 242 g/mol. The Morgan fingerprint density at radius 3 is 2.61 bits per heavy atom. The monoisotopic (exact) mass is 253 g/mol. The molecule has 0 aliphatic rings. The number of nitrogens with two attached hydrogens (primary N) is 1. The summed E-state index contributed by atoms with van der Waals surface area (Å²) in [6, 6.07) is 16.5. The van der Waals surface area contributed by atoms with E-state index in [4.69, 9.17) is 5.73 Å². The van der Waals surface area contributed by atoms with Crippen LogP contribution in [0.1, 0.15) is 0 Å². The lowest BCUT2D eigenvalue weighted by molar-refractivity contribution is 1.06. The molecule has 1 heterocycles. The predicted molar refractivity (Wildman–Crippen MR) is 74.5 cm³/mol. The fraction of sp³-hybridized carbons (Fsp3) is 0. The zero-order valence-electron chi connectivity index (χ0n) is 9.58. The first-order chi connectivity index (χ1) is 8.81. The van der Waals surface area contributed by atoms with Crippen molar-refractivity contribution in [2.45, 2.75) is 9.92 Å². The van der Waals surface area contributed by atoms with E-state index < -0.39 is 0 Å². The average Bonchev–Trinajstić information content (AvgIpc) is 2.39. The fourth-order valence-electron chi connectivity index (χ4n) is 1.76. The molecule has 0 unspecified atom stereocenters. The maximum atomic E-state index is 5.57. The van der Waals surface area contributed by atoms with E-state index in [1.54, 1.807) is 18.0 Å². The van der Waals surface area contributed by atoms with Crippen molar-refractivity contribution in [3.63, 3.8) is 0 Å². The van der Waals surface area contributed by atoms with Gasteiger partial charge >= 0.3 is 0 Å². The molecule has 0 fully saturated rings. The lowest BCUT2D eigenvalue weighted by Gasteiger charge is -2.03. The lowest BCUT2D eigenvalue weighted by atomic mass is 10.1. The Bertz CT molecular complexity index is 697. The number of nitrogen functional groups attached to an aromatic ring is 1. The van der Waals surface area contributed by atoms with Crippen LogP contribution in [0.25, 0.3) is 10.8 Å². The molecule has 0 bridgehead atoms. The molecule has 0 atom stereocenters. The van der Waals surface area contributed by atoms with E-state index >= 15 is 0 Å². The molecule has 0 saturated carbocycles. The highest BCUT2D eigenvalue weighted by molar-refractivity contribution is 7.99. The third-order valence-corrected chi connectivity index (χ3v) is 3.52. The summed E-state index contributed by atoms with van der Waals surface area (Å²) in [7, 11) is 0. The van der Waals surface area contributed by atoms with Gasteiger partial charge in [-0.2, -0.15) is 0 Å². The van der Waals surface area contributed by atoms with E-state index in [1.807, 2.05) is 18.2 Å². The van der Waals surface area contributed by atoms with E-state index in [0.29, 0.717) is 5.95 Å². The average molecular weight is 253 g/mol. The minimum absolute atomic E-state index is 0.306. The molecule has 2 N–H and O–H groups in total. The van der Waals surface area contributed by atoms with E-state index in [-0.39, 0.29) is 0 Å². The van der Waals surface area contributed by atoms with Crippen molar-refractivity contribution in [2.75, 3.05) is 5.73 Å². The van der Waals surface area contributed by atoms with Crippen LogP contribution in [0.15, 0.2) is 64.6 Å². The normalized spacial score (nSPS) is 10.7. The van der Waals surface area contributed by atoms with Crippen molar-refractivity contribution < 1.29 is 0 Å². The Morgan fingerprint density at radius 2 is 1.78 bits per heavy atom. The van der Waals surface area contributed by atoms with Gasteiger partial charge in [0.1, 0.15) is 5.03 Å². The van der Waals surface area contributed by atoms with Crippen molar-refractivity contribution in [1.29, 1.82) is 0 Å². The maximum absolute atomic E-state index is 5.57. The molecule has 0 radical (unpaired) electrons. The Morgan fingerprint density at radius 1 is 0.944 bits per heavy atom. The van der Waals surface area contributed by atoms with E-state index in [0.717, 1.165) is 9.92 Å². The Kier molecular flexibility index (Phi) is 2.86. The number of aromatic nitrogens is 2. The highest BCUT2D eigenvalue weighted by atomic mass is 32.2. The van der Waals surface area contributed by atoms with E-state index in [9.17, 15) is 0 Å². The van der Waals surface area contributed by atoms with Gasteiger partial charge in [0.05, 0.1) is 0 Å². The number of rotatable bonds is 2. The summed E-state index contributed by atoms with van der Waals surface area (Å²) >= 11 is 1.59. The molecule has 3 rings (SSSR count). The van der Waals surface area contributed by atoms with Crippen LogP contribution in [0.5, 0.6) is 0 Å². The largest absolute Gasteiger partial charge is 0.368 e. The molecule has 0 spiro atoms. The van der Waals surface area contributed by atoms with Gasteiger partial charge in [0.25, 0.3) is 0 Å². The lowest BCUT2D eigenvalue weighted by Crippen LogP contribution is -1.93. The minimum atomic E-state index is 0.306. The first-order valence-corrected chi connectivity index (χ1v) is 6.38. The number of nitrogens with zero attached hydrogens (tertiary/aromatic N) is 2.